The number of carbonyl (C=O) groups excluding carboxylic acids is 2. The highest BCUT2D eigenvalue weighted by atomic mass is 16.6. The Morgan fingerprint density at radius 1 is 0.778 bits per heavy atom. The molecule has 0 aromatic heterocycles. The van der Waals surface area contributed by atoms with Crippen LogP contribution in [0.4, 0.5) is 9.59 Å². The third kappa shape index (κ3) is 3.90. The van der Waals surface area contributed by atoms with Gasteiger partial charge in [0.1, 0.15) is 11.5 Å². The summed E-state index contributed by atoms with van der Waals surface area (Å²) in [7, 11) is 0. The van der Waals surface area contributed by atoms with E-state index in [1.807, 2.05) is 60.7 Å². The monoisotopic (exact) mass is 362 g/mol. The van der Waals surface area contributed by atoms with Crippen LogP contribution in [0.15, 0.2) is 66.7 Å². The number of hydrogen-bond acceptors (Lipinski definition) is 4. The van der Waals surface area contributed by atoms with Gasteiger partial charge in [-0.05, 0) is 29.7 Å². The van der Waals surface area contributed by atoms with Crippen LogP contribution in [0, 0.1) is 6.92 Å². The van der Waals surface area contributed by atoms with Gasteiger partial charge in [0.05, 0.1) is 0 Å². The van der Waals surface area contributed by atoms with E-state index in [0.29, 0.717) is 16.7 Å². The van der Waals surface area contributed by atoms with Crippen molar-refractivity contribution >= 4 is 12.2 Å². The molecule has 0 fully saturated rings. The Kier molecular flexibility index (Phi) is 5.08. The number of primary amides is 2. The van der Waals surface area contributed by atoms with Gasteiger partial charge in [-0.2, -0.15) is 0 Å². The van der Waals surface area contributed by atoms with Gasteiger partial charge in [-0.25, -0.2) is 9.59 Å². The largest absolute Gasteiger partial charge is 0.410 e. The van der Waals surface area contributed by atoms with Gasteiger partial charge >= 0.3 is 12.2 Å². The lowest BCUT2D eigenvalue weighted by Crippen LogP contribution is -2.19. The molecule has 0 aliphatic heterocycles. The van der Waals surface area contributed by atoms with Crippen LogP contribution in [0.1, 0.15) is 5.56 Å². The maximum absolute atomic E-state index is 11.6. The van der Waals surface area contributed by atoms with Crippen LogP contribution in [0.5, 0.6) is 11.5 Å². The first kappa shape index (κ1) is 18.0. The first-order valence-corrected chi connectivity index (χ1v) is 8.20. The zero-order valence-corrected chi connectivity index (χ0v) is 14.6. The number of benzene rings is 3. The minimum absolute atomic E-state index is 0.192. The molecule has 0 saturated heterocycles. The number of ether oxygens (including phenoxy) is 2. The molecule has 0 radical (unpaired) electrons. The van der Waals surface area contributed by atoms with E-state index < -0.39 is 12.2 Å². The number of carbonyl (C=O) groups is 2. The lowest BCUT2D eigenvalue weighted by atomic mass is 9.91. The molecule has 6 nitrogen and oxygen atoms in total. The molecule has 0 aliphatic carbocycles. The number of hydrogen-bond donors (Lipinski definition) is 2. The fraction of sp³-hybridized carbons (Fsp3) is 0.0476. The van der Waals surface area contributed by atoms with E-state index >= 15 is 0 Å². The van der Waals surface area contributed by atoms with Gasteiger partial charge in [0.2, 0.25) is 0 Å². The van der Waals surface area contributed by atoms with Gasteiger partial charge in [-0.3, -0.25) is 0 Å². The van der Waals surface area contributed by atoms with Gasteiger partial charge in [-0.15, -0.1) is 0 Å². The van der Waals surface area contributed by atoms with Gasteiger partial charge in [0.25, 0.3) is 0 Å². The Labute approximate surface area is 156 Å². The Hall–Kier alpha value is -3.80. The van der Waals surface area contributed by atoms with E-state index in [9.17, 15) is 9.59 Å². The zero-order chi connectivity index (χ0) is 19.4. The summed E-state index contributed by atoms with van der Waals surface area (Å²) >= 11 is 0. The molecule has 3 aromatic rings. The van der Waals surface area contributed by atoms with Gasteiger partial charge in [-0.1, -0.05) is 60.7 Å². The number of nitrogens with two attached hydrogens (primary N) is 2. The molecule has 2 amide bonds. The van der Waals surface area contributed by atoms with E-state index in [2.05, 4.69) is 0 Å². The lowest BCUT2D eigenvalue weighted by molar-refractivity contribution is 0.209. The van der Waals surface area contributed by atoms with Gasteiger partial charge in [0, 0.05) is 11.1 Å². The fourth-order valence-corrected chi connectivity index (χ4v) is 2.91. The average Bonchev–Trinajstić information content (AvgIpc) is 2.65. The predicted molar refractivity (Wildman–Crippen MR) is 102 cm³/mol. The minimum atomic E-state index is -0.967. The van der Waals surface area contributed by atoms with Crippen LogP contribution in [-0.4, -0.2) is 12.2 Å². The summed E-state index contributed by atoms with van der Waals surface area (Å²) in [5, 5.41) is 0. The highest BCUT2D eigenvalue weighted by Crippen LogP contribution is 2.45. The van der Waals surface area contributed by atoms with Crippen LogP contribution < -0.4 is 20.9 Å². The van der Waals surface area contributed by atoms with E-state index in [1.165, 1.54) is 0 Å². The maximum Gasteiger partial charge on any atom is 0.409 e. The molecule has 27 heavy (non-hydrogen) atoms. The molecule has 4 N–H and O–H groups in total. The Morgan fingerprint density at radius 3 is 1.81 bits per heavy atom. The standard InChI is InChI=1S/C21H18N2O4/c1-13-17(26-20(22)24)12-16(14-8-4-2-5-9-14)18(19(13)27-21(23)25)15-10-6-3-7-11-15/h2-12H,1H3,(H2,22,24)(H2,23,25). The third-order valence-electron chi connectivity index (χ3n) is 4.04. The molecule has 136 valence electrons. The molecule has 0 saturated carbocycles. The molecule has 0 unspecified atom stereocenters. The van der Waals surface area contributed by atoms with Crippen molar-refractivity contribution < 1.29 is 19.1 Å². The highest BCUT2D eigenvalue weighted by molar-refractivity contribution is 5.92. The van der Waals surface area contributed by atoms with E-state index in [1.54, 1.807) is 13.0 Å². The Bertz CT molecular complexity index is 986. The molecule has 0 aliphatic rings. The second kappa shape index (κ2) is 7.61. The summed E-state index contributed by atoms with van der Waals surface area (Å²) in [6.45, 7) is 1.66. The number of rotatable bonds is 4. The zero-order valence-electron chi connectivity index (χ0n) is 14.6. The fourth-order valence-electron chi connectivity index (χ4n) is 2.91. The normalized spacial score (nSPS) is 10.3. The van der Waals surface area contributed by atoms with Gasteiger partial charge in [0.15, 0.2) is 0 Å². The van der Waals surface area contributed by atoms with Crippen LogP contribution in [0.3, 0.4) is 0 Å². The van der Waals surface area contributed by atoms with Crippen molar-refractivity contribution in [3.63, 3.8) is 0 Å². The van der Waals surface area contributed by atoms with Crippen molar-refractivity contribution in [1.82, 2.24) is 0 Å². The van der Waals surface area contributed by atoms with Gasteiger partial charge < -0.3 is 20.9 Å². The van der Waals surface area contributed by atoms with Crippen molar-refractivity contribution in [1.29, 1.82) is 0 Å². The number of amides is 2. The molecular weight excluding hydrogens is 344 g/mol. The summed E-state index contributed by atoms with van der Waals surface area (Å²) in [5.41, 5.74) is 14.0. The molecule has 6 heteroatoms. The quantitative estimate of drug-likeness (QED) is 0.724. The van der Waals surface area contributed by atoms with Crippen molar-refractivity contribution in [2.75, 3.05) is 0 Å². The summed E-state index contributed by atoms with van der Waals surface area (Å²) in [4.78, 5) is 22.9. The molecule has 3 aromatic carbocycles. The molecule has 0 atom stereocenters. The first-order valence-electron chi connectivity index (χ1n) is 8.20. The Morgan fingerprint density at radius 2 is 1.30 bits per heavy atom. The molecule has 0 bridgehead atoms. The van der Waals surface area contributed by atoms with E-state index in [-0.39, 0.29) is 11.5 Å². The summed E-state index contributed by atoms with van der Waals surface area (Å²) in [5.74, 6) is 0.406. The second-order valence-corrected chi connectivity index (χ2v) is 5.83. The topological polar surface area (TPSA) is 105 Å². The summed E-state index contributed by atoms with van der Waals surface area (Å²) < 4.78 is 10.4. The van der Waals surface area contributed by atoms with E-state index in [4.69, 9.17) is 20.9 Å². The lowest BCUT2D eigenvalue weighted by Gasteiger charge is -2.19. The van der Waals surface area contributed by atoms with Crippen molar-refractivity contribution in [2.45, 2.75) is 6.92 Å². The highest BCUT2D eigenvalue weighted by Gasteiger charge is 2.22. The molecule has 0 spiro atoms. The van der Waals surface area contributed by atoms with Crippen LogP contribution >= 0.6 is 0 Å². The average molecular weight is 362 g/mol. The summed E-state index contributed by atoms with van der Waals surface area (Å²) in [6, 6.07) is 20.6. The second-order valence-electron chi connectivity index (χ2n) is 5.83. The smallest absolute Gasteiger partial charge is 0.409 e. The van der Waals surface area contributed by atoms with Crippen LogP contribution in [0.2, 0.25) is 0 Å². The maximum atomic E-state index is 11.6. The summed E-state index contributed by atoms with van der Waals surface area (Å²) in [6.07, 6.45) is -1.93. The first-order chi connectivity index (χ1) is 13.0. The molecule has 3 rings (SSSR count). The van der Waals surface area contributed by atoms with Crippen molar-refractivity contribution in [2.24, 2.45) is 11.5 Å². The van der Waals surface area contributed by atoms with Crippen molar-refractivity contribution in [3.8, 4) is 33.8 Å². The minimum Gasteiger partial charge on any atom is -0.410 e. The van der Waals surface area contributed by atoms with Crippen LogP contribution in [-0.2, 0) is 0 Å². The molecular formula is C21H18N2O4. The molecule has 0 heterocycles. The SMILES string of the molecule is Cc1c(OC(N)=O)cc(-c2ccccc2)c(-c2ccccc2)c1OC(N)=O. The van der Waals surface area contributed by atoms with Crippen LogP contribution in [0.25, 0.3) is 22.3 Å². The predicted octanol–water partition coefficient (Wildman–Crippen LogP) is 4.24. The third-order valence-corrected chi connectivity index (χ3v) is 4.04. The Balaban J connectivity index is 2.38. The van der Waals surface area contributed by atoms with Crippen molar-refractivity contribution in [3.05, 3.63) is 72.3 Å². The van der Waals surface area contributed by atoms with E-state index in [0.717, 1.165) is 11.1 Å².